The Labute approximate surface area is 102 Å². The summed E-state index contributed by atoms with van der Waals surface area (Å²) in [5.74, 6) is -0.271. The van der Waals surface area contributed by atoms with Gasteiger partial charge in [0.1, 0.15) is 5.54 Å². The van der Waals surface area contributed by atoms with Crippen LogP contribution in [-0.4, -0.2) is 17.5 Å². The van der Waals surface area contributed by atoms with Crippen LogP contribution in [0.3, 0.4) is 0 Å². The molecule has 0 saturated carbocycles. The number of carbonyl (C=O) groups excluding carboxylic acids is 2. The Morgan fingerprint density at radius 2 is 1.80 bits per heavy atom. The molecule has 2 N–H and O–H groups in total. The Bertz CT molecular complexity index is 178. The molecular weight excluding hydrogens is 159 g/mol. The van der Waals surface area contributed by atoms with Gasteiger partial charge >= 0.3 is 57.4 Å². The van der Waals surface area contributed by atoms with Gasteiger partial charge in [-0.3, -0.25) is 10.1 Å². The number of imide groups is 1. The zero-order valence-corrected chi connectivity index (χ0v) is 9.44. The molecule has 0 aromatic rings. The third-order valence-electron chi connectivity index (χ3n) is 1.22. The SMILES string of the molecule is CC1(C)NC(=O)NC1=O.[K+]. The van der Waals surface area contributed by atoms with Crippen LogP contribution in [0.4, 0.5) is 4.79 Å². The van der Waals surface area contributed by atoms with Crippen LogP contribution in [0.1, 0.15) is 13.8 Å². The molecule has 4 nitrogen and oxygen atoms in total. The first kappa shape index (κ1) is 10.6. The molecule has 1 heterocycles. The predicted octanol–water partition coefficient (Wildman–Crippen LogP) is -3.39. The van der Waals surface area contributed by atoms with Crippen LogP contribution in [0.25, 0.3) is 0 Å². The Balaban J connectivity index is 0.000000810. The van der Waals surface area contributed by atoms with Crippen molar-refractivity contribution in [2.75, 3.05) is 0 Å². The number of nitrogens with one attached hydrogen (secondary N) is 2. The first-order chi connectivity index (χ1) is 4.02. The van der Waals surface area contributed by atoms with Crippen molar-refractivity contribution in [3.63, 3.8) is 0 Å². The molecule has 0 spiro atoms. The molecule has 3 amide bonds. The average Bonchev–Trinajstić information content (AvgIpc) is 1.79. The second kappa shape index (κ2) is 3.32. The summed E-state index contributed by atoms with van der Waals surface area (Å²) in [6, 6.07) is -0.412. The van der Waals surface area contributed by atoms with Gasteiger partial charge in [-0.25, -0.2) is 4.79 Å². The maximum Gasteiger partial charge on any atom is 1.00 e. The molecule has 0 atom stereocenters. The normalized spacial score (nSPS) is 21.0. The summed E-state index contributed by atoms with van der Waals surface area (Å²) < 4.78 is 0. The van der Waals surface area contributed by atoms with E-state index in [1.54, 1.807) is 13.8 Å². The molecule has 1 aliphatic rings. The average molecular weight is 167 g/mol. The minimum Gasteiger partial charge on any atom is -0.324 e. The molecule has 1 fully saturated rings. The van der Waals surface area contributed by atoms with Gasteiger partial charge in [-0.1, -0.05) is 0 Å². The number of amides is 3. The summed E-state index contributed by atoms with van der Waals surface area (Å²) >= 11 is 0. The first-order valence-electron chi connectivity index (χ1n) is 2.66. The fourth-order valence-electron chi connectivity index (χ4n) is 0.631. The van der Waals surface area contributed by atoms with E-state index in [9.17, 15) is 9.59 Å². The molecule has 0 radical (unpaired) electrons. The summed E-state index contributed by atoms with van der Waals surface area (Å²) in [5.41, 5.74) is -0.725. The van der Waals surface area contributed by atoms with Gasteiger partial charge < -0.3 is 5.32 Å². The van der Waals surface area contributed by atoms with Gasteiger partial charge in [0.25, 0.3) is 5.91 Å². The summed E-state index contributed by atoms with van der Waals surface area (Å²) in [5, 5.41) is 4.56. The van der Waals surface area contributed by atoms with Crippen LogP contribution < -0.4 is 62.0 Å². The van der Waals surface area contributed by atoms with Crippen LogP contribution in [0.5, 0.6) is 0 Å². The van der Waals surface area contributed by atoms with Gasteiger partial charge in [0.05, 0.1) is 0 Å². The number of hydrogen-bond acceptors (Lipinski definition) is 2. The third-order valence-corrected chi connectivity index (χ3v) is 1.22. The Kier molecular flexibility index (Phi) is 3.51. The number of urea groups is 1. The molecule has 1 rings (SSSR count). The van der Waals surface area contributed by atoms with Crippen molar-refractivity contribution in [1.29, 1.82) is 0 Å². The second-order valence-corrected chi connectivity index (χ2v) is 2.53. The molecule has 0 aromatic carbocycles. The Morgan fingerprint density at radius 1 is 1.30 bits per heavy atom. The van der Waals surface area contributed by atoms with Crippen molar-refractivity contribution in [3.05, 3.63) is 0 Å². The molecule has 10 heavy (non-hydrogen) atoms. The fraction of sp³-hybridized carbons (Fsp3) is 0.600. The van der Waals surface area contributed by atoms with Crippen molar-refractivity contribution in [2.24, 2.45) is 0 Å². The van der Waals surface area contributed by atoms with Gasteiger partial charge in [-0.2, -0.15) is 0 Å². The summed E-state index contributed by atoms with van der Waals surface area (Å²) in [4.78, 5) is 21.1. The summed E-state index contributed by atoms with van der Waals surface area (Å²) in [6.45, 7) is 3.29. The smallest absolute Gasteiger partial charge is 0.324 e. The van der Waals surface area contributed by atoms with E-state index in [0.29, 0.717) is 0 Å². The van der Waals surface area contributed by atoms with Gasteiger partial charge in [0.15, 0.2) is 0 Å². The van der Waals surface area contributed by atoms with E-state index >= 15 is 0 Å². The monoisotopic (exact) mass is 167 g/mol. The van der Waals surface area contributed by atoms with Crippen LogP contribution >= 0.6 is 0 Å². The first-order valence-corrected chi connectivity index (χ1v) is 2.66. The van der Waals surface area contributed by atoms with Gasteiger partial charge in [-0.05, 0) is 13.8 Å². The van der Waals surface area contributed by atoms with Crippen molar-refractivity contribution in [3.8, 4) is 0 Å². The molecule has 0 aliphatic carbocycles. The maximum atomic E-state index is 10.7. The van der Waals surface area contributed by atoms with Gasteiger partial charge in [0, 0.05) is 0 Å². The summed E-state index contributed by atoms with van der Waals surface area (Å²) in [7, 11) is 0. The Morgan fingerprint density at radius 3 is 1.90 bits per heavy atom. The summed E-state index contributed by atoms with van der Waals surface area (Å²) in [6.07, 6.45) is 0. The van der Waals surface area contributed by atoms with Crippen LogP contribution in [0.2, 0.25) is 0 Å². The predicted molar refractivity (Wildman–Crippen MR) is 30.8 cm³/mol. The molecule has 50 valence electrons. The van der Waals surface area contributed by atoms with Crippen molar-refractivity contribution in [1.82, 2.24) is 10.6 Å². The number of carbonyl (C=O) groups is 2. The van der Waals surface area contributed by atoms with Crippen LogP contribution in [0, 0.1) is 0 Å². The van der Waals surface area contributed by atoms with Crippen LogP contribution in [-0.2, 0) is 4.79 Å². The van der Waals surface area contributed by atoms with E-state index < -0.39 is 11.6 Å². The van der Waals surface area contributed by atoms with Crippen molar-refractivity contribution >= 4 is 11.9 Å². The second-order valence-electron chi connectivity index (χ2n) is 2.53. The zero-order chi connectivity index (χ0) is 7.07. The Hall–Kier alpha value is 0.576. The van der Waals surface area contributed by atoms with Crippen molar-refractivity contribution < 1.29 is 61.0 Å². The topological polar surface area (TPSA) is 58.2 Å². The van der Waals surface area contributed by atoms with Gasteiger partial charge in [0.2, 0.25) is 0 Å². The molecule has 0 aromatic heterocycles. The quantitative estimate of drug-likeness (QED) is 0.292. The van der Waals surface area contributed by atoms with E-state index in [1.165, 1.54) is 0 Å². The number of rotatable bonds is 0. The van der Waals surface area contributed by atoms with E-state index in [4.69, 9.17) is 0 Å². The van der Waals surface area contributed by atoms with E-state index in [0.717, 1.165) is 0 Å². The standard InChI is InChI=1S/C5H8N2O2.K/c1-5(2)3(8)6-4(9)7-5;/h1-2H3,(H2,6,7,8,9);/q;+1. The van der Waals surface area contributed by atoms with E-state index in [-0.39, 0.29) is 57.3 Å². The minimum atomic E-state index is -0.725. The van der Waals surface area contributed by atoms with E-state index in [2.05, 4.69) is 10.6 Å². The maximum absolute atomic E-state index is 10.7. The van der Waals surface area contributed by atoms with Crippen LogP contribution in [0.15, 0.2) is 0 Å². The zero-order valence-electron chi connectivity index (χ0n) is 6.32. The fourth-order valence-corrected chi connectivity index (χ4v) is 0.631. The van der Waals surface area contributed by atoms with E-state index in [1.807, 2.05) is 0 Å². The molecule has 0 unspecified atom stereocenters. The molecule has 1 saturated heterocycles. The molecule has 1 aliphatic heterocycles. The molecule has 5 heteroatoms. The third kappa shape index (κ3) is 2.03. The molecule has 0 bridgehead atoms. The van der Waals surface area contributed by atoms with Gasteiger partial charge in [-0.15, -0.1) is 0 Å². The minimum absolute atomic E-state index is 0. The van der Waals surface area contributed by atoms with Crippen molar-refractivity contribution in [2.45, 2.75) is 19.4 Å². The number of hydrogen-bond donors (Lipinski definition) is 2. The molecular formula is C5H8KN2O2+. The largest absolute Gasteiger partial charge is 1.00 e.